The molecule has 0 saturated carbocycles. The van der Waals surface area contributed by atoms with Crippen LogP contribution in [0.3, 0.4) is 0 Å². The highest BCUT2D eigenvalue weighted by molar-refractivity contribution is 7.15. The summed E-state index contributed by atoms with van der Waals surface area (Å²) in [6.45, 7) is 4.99. The fraction of sp³-hybridized carbons (Fsp3) is 0.286. The molecule has 7 nitrogen and oxygen atoms in total. The molecule has 0 aliphatic carbocycles. The zero-order chi connectivity index (χ0) is 20.4. The van der Waals surface area contributed by atoms with Gasteiger partial charge in [0.2, 0.25) is 0 Å². The number of nitrogens with one attached hydrogen (secondary N) is 1. The molecule has 0 unspecified atom stereocenters. The number of nitrogens with zero attached hydrogens (tertiary/aromatic N) is 2. The maximum absolute atomic E-state index is 12.9. The summed E-state index contributed by atoms with van der Waals surface area (Å²) < 4.78 is 10.7. The molecule has 1 aliphatic heterocycles. The van der Waals surface area contributed by atoms with Gasteiger partial charge in [0.25, 0.3) is 11.8 Å². The summed E-state index contributed by atoms with van der Waals surface area (Å²) in [4.78, 5) is 32.3. The number of carbonyl (C=O) groups is 2. The normalized spacial score (nSPS) is 13.3. The predicted octanol–water partition coefficient (Wildman–Crippen LogP) is 3.97. The molecule has 0 spiro atoms. The second-order valence-electron chi connectivity index (χ2n) is 6.99. The van der Waals surface area contributed by atoms with Gasteiger partial charge in [0.05, 0.1) is 24.6 Å². The Morgan fingerprint density at radius 1 is 1.24 bits per heavy atom. The van der Waals surface area contributed by atoms with E-state index in [1.165, 1.54) is 17.6 Å². The molecule has 29 heavy (non-hydrogen) atoms. The Balaban J connectivity index is 1.42. The zero-order valence-corrected chi connectivity index (χ0v) is 17.0. The van der Waals surface area contributed by atoms with Crippen molar-refractivity contribution in [2.75, 3.05) is 11.9 Å². The lowest BCUT2D eigenvalue weighted by molar-refractivity contribution is 0.0736. The second-order valence-corrected chi connectivity index (χ2v) is 8.07. The van der Waals surface area contributed by atoms with E-state index in [2.05, 4.69) is 10.3 Å². The van der Waals surface area contributed by atoms with Crippen molar-refractivity contribution in [2.45, 2.75) is 32.9 Å². The fourth-order valence-electron chi connectivity index (χ4n) is 3.12. The van der Waals surface area contributed by atoms with Crippen molar-refractivity contribution in [2.24, 2.45) is 0 Å². The average Bonchev–Trinajstić information content (AvgIpc) is 3.36. The topological polar surface area (TPSA) is 84.7 Å². The average molecular weight is 411 g/mol. The van der Waals surface area contributed by atoms with Crippen molar-refractivity contribution in [3.05, 3.63) is 64.6 Å². The summed E-state index contributed by atoms with van der Waals surface area (Å²) >= 11 is 1.39. The summed E-state index contributed by atoms with van der Waals surface area (Å²) in [7, 11) is 0. The van der Waals surface area contributed by atoms with E-state index in [1.54, 1.807) is 29.2 Å². The smallest absolute Gasteiger partial charge is 0.293 e. The number of thiazole rings is 1. The Morgan fingerprint density at radius 3 is 2.72 bits per heavy atom. The molecular weight excluding hydrogens is 390 g/mol. The van der Waals surface area contributed by atoms with Gasteiger partial charge in [0.1, 0.15) is 5.75 Å². The van der Waals surface area contributed by atoms with Crippen LogP contribution >= 0.6 is 11.3 Å². The first-order valence-electron chi connectivity index (χ1n) is 9.39. The van der Waals surface area contributed by atoms with Crippen molar-refractivity contribution < 1.29 is 18.7 Å². The van der Waals surface area contributed by atoms with E-state index in [4.69, 9.17) is 9.15 Å². The lowest BCUT2D eigenvalue weighted by Crippen LogP contribution is -2.35. The first-order chi connectivity index (χ1) is 14.0. The number of anilines is 1. The van der Waals surface area contributed by atoms with Gasteiger partial charge in [-0.15, -0.1) is 0 Å². The molecule has 0 fully saturated rings. The first kappa shape index (κ1) is 19.2. The summed E-state index contributed by atoms with van der Waals surface area (Å²) in [6.07, 6.45) is 2.20. The lowest BCUT2D eigenvalue weighted by atomic mass is 10.1. The number of ether oxygens (including phenoxy) is 1. The van der Waals surface area contributed by atoms with Crippen LogP contribution in [0, 0.1) is 0 Å². The van der Waals surface area contributed by atoms with Gasteiger partial charge in [-0.2, -0.15) is 0 Å². The predicted molar refractivity (Wildman–Crippen MR) is 109 cm³/mol. The Kier molecular flexibility index (Phi) is 5.35. The number of benzene rings is 1. The number of hydrogen-bond acceptors (Lipinski definition) is 6. The third-order valence-corrected chi connectivity index (χ3v) is 5.45. The SMILES string of the molecule is CC(C)Oc1ccc(C(=O)N2CCc3nc(NC(=O)c4ccco4)sc3C2)cc1. The van der Waals surface area contributed by atoms with E-state index >= 15 is 0 Å². The molecule has 8 heteroatoms. The van der Waals surface area contributed by atoms with Crippen LogP contribution in [0.25, 0.3) is 0 Å². The Bertz CT molecular complexity index is 1010. The van der Waals surface area contributed by atoms with E-state index in [0.717, 1.165) is 16.3 Å². The molecule has 1 aliphatic rings. The van der Waals surface area contributed by atoms with Crippen LogP contribution in [0.2, 0.25) is 0 Å². The van der Waals surface area contributed by atoms with E-state index in [9.17, 15) is 9.59 Å². The molecule has 4 rings (SSSR count). The highest BCUT2D eigenvalue weighted by atomic mass is 32.1. The summed E-state index contributed by atoms with van der Waals surface area (Å²) in [5.74, 6) is 0.621. The molecule has 150 valence electrons. The summed E-state index contributed by atoms with van der Waals surface area (Å²) in [5, 5.41) is 3.27. The van der Waals surface area contributed by atoms with Gasteiger partial charge in [-0.25, -0.2) is 4.98 Å². The monoisotopic (exact) mass is 411 g/mol. The van der Waals surface area contributed by atoms with Gasteiger partial charge in [-0.3, -0.25) is 14.9 Å². The Labute approximate surface area is 172 Å². The van der Waals surface area contributed by atoms with E-state index in [0.29, 0.717) is 30.2 Å². The molecule has 0 atom stereocenters. The second kappa shape index (κ2) is 8.08. The number of aromatic nitrogens is 1. The maximum Gasteiger partial charge on any atom is 0.293 e. The van der Waals surface area contributed by atoms with Gasteiger partial charge in [-0.1, -0.05) is 11.3 Å². The molecule has 1 aromatic carbocycles. The first-order valence-corrected chi connectivity index (χ1v) is 10.2. The molecule has 0 radical (unpaired) electrons. The standard InChI is InChI=1S/C21H21N3O4S/c1-13(2)28-15-7-5-14(6-8-15)20(26)24-10-9-16-18(12-24)29-21(22-16)23-19(25)17-4-3-11-27-17/h3-8,11,13H,9-10,12H2,1-2H3,(H,22,23,25). The minimum atomic E-state index is -0.335. The van der Waals surface area contributed by atoms with Crippen LogP contribution in [0.1, 0.15) is 45.3 Å². The molecule has 2 aromatic heterocycles. The van der Waals surface area contributed by atoms with E-state index in [-0.39, 0.29) is 23.7 Å². The Morgan fingerprint density at radius 2 is 2.03 bits per heavy atom. The van der Waals surface area contributed by atoms with Crippen molar-refractivity contribution in [1.29, 1.82) is 0 Å². The van der Waals surface area contributed by atoms with Crippen molar-refractivity contribution in [3.8, 4) is 5.75 Å². The number of hydrogen-bond donors (Lipinski definition) is 1. The van der Waals surface area contributed by atoms with Crippen LogP contribution in [0.15, 0.2) is 47.1 Å². The van der Waals surface area contributed by atoms with Crippen LogP contribution in [-0.2, 0) is 13.0 Å². The zero-order valence-electron chi connectivity index (χ0n) is 16.2. The molecule has 0 saturated heterocycles. The number of carbonyl (C=O) groups excluding carboxylic acids is 2. The van der Waals surface area contributed by atoms with Crippen molar-refractivity contribution in [3.63, 3.8) is 0 Å². The summed E-state index contributed by atoms with van der Waals surface area (Å²) in [6, 6.07) is 10.5. The quantitative estimate of drug-likeness (QED) is 0.687. The third kappa shape index (κ3) is 4.32. The minimum absolute atomic E-state index is 0.0266. The van der Waals surface area contributed by atoms with Crippen LogP contribution in [0.4, 0.5) is 5.13 Å². The summed E-state index contributed by atoms with van der Waals surface area (Å²) in [5.41, 5.74) is 1.55. The number of furan rings is 1. The van der Waals surface area contributed by atoms with Crippen LogP contribution in [0.5, 0.6) is 5.75 Å². The number of fused-ring (bicyclic) bond motifs is 1. The molecule has 3 heterocycles. The van der Waals surface area contributed by atoms with Gasteiger partial charge >= 0.3 is 0 Å². The number of amides is 2. The molecule has 0 bridgehead atoms. The van der Waals surface area contributed by atoms with Crippen molar-refractivity contribution >= 4 is 28.3 Å². The van der Waals surface area contributed by atoms with Gasteiger partial charge < -0.3 is 14.1 Å². The van der Waals surface area contributed by atoms with Gasteiger partial charge in [-0.05, 0) is 50.2 Å². The van der Waals surface area contributed by atoms with Gasteiger partial charge in [0.15, 0.2) is 10.9 Å². The van der Waals surface area contributed by atoms with Gasteiger partial charge in [0, 0.05) is 23.4 Å². The van der Waals surface area contributed by atoms with Crippen LogP contribution < -0.4 is 10.1 Å². The molecule has 1 N–H and O–H groups in total. The largest absolute Gasteiger partial charge is 0.491 e. The lowest BCUT2D eigenvalue weighted by Gasteiger charge is -2.26. The maximum atomic E-state index is 12.9. The molecular formula is C21H21N3O4S. The van der Waals surface area contributed by atoms with Crippen LogP contribution in [-0.4, -0.2) is 34.3 Å². The van der Waals surface area contributed by atoms with Crippen molar-refractivity contribution in [1.82, 2.24) is 9.88 Å². The molecule has 3 aromatic rings. The number of rotatable bonds is 5. The molecule has 2 amide bonds. The highest BCUT2D eigenvalue weighted by Crippen LogP contribution is 2.29. The highest BCUT2D eigenvalue weighted by Gasteiger charge is 2.25. The fourth-order valence-corrected chi connectivity index (χ4v) is 4.14. The van der Waals surface area contributed by atoms with E-state index in [1.807, 2.05) is 26.0 Å². The minimum Gasteiger partial charge on any atom is -0.491 e. The third-order valence-electron chi connectivity index (χ3n) is 4.46. The van der Waals surface area contributed by atoms with E-state index < -0.39 is 0 Å². The Hall–Kier alpha value is -3.13.